The minimum Gasteiger partial charge on any atom is -0.339 e. The van der Waals surface area contributed by atoms with Crippen LogP contribution in [-0.4, -0.2) is 27.9 Å². The Labute approximate surface area is 113 Å². The number of rotatable bonds is 4. The quantitative estimate of drug-likeness (QED) is 0.471. The first-order valence-corrected chi connectivity index (χ1v) is 5.92. The zero-order valence-corrected chi connectivity index (χ0v) is 11.0. The zero-order chi connectivity index (χ0) is 14.2. The third kappa shape index (κ3) is 2.90. The van der Waals surface area contributed by atoms with Crippen LogP contribution in [0.1, 0.15) is 18.5 Å². The molecule has 0 N–H and O–H groups in total. The highest BCUT2D eigenvalue weighted by atomic mass is 35.5. The van der Waals surface area contributed by atoms with Gasteiger partial charge >= 0.3 is 11.7 Å². The van der Waals surface area contributed by atoms with Gasteiger partial charge in [-0.3, -0.25) is 10.1 Å². The molecule has 8 nitrogen and oxygen atoms in total. The highest BCUT2D eigenvalue weighted by Crippen LogP contribution is 2.33. The molecule has 0 saturated heterocycles. The second kappa shape index (κ2) is 4.96. The lowest BCUT2D eigenvalue weighted by Crippen LogP contribution is -2.25. The van der Waals surface area contributed by atoms with Gasteiger partial charge < -0.3 is 4.84 Å². The number of hydroxylamine groups is 1. The van der Waals surface area contributed by atoms with Crippen molar-refractivity contribution in [2.24, 2.45) is 5.92 Å². The Kier molecular flexibility index (Phi) is 3.52. The second-order valence-electron chi connectivity index (χ2n) is 4.19. The van der Waals surface area contributed by atoms with E-state index in [-0.39, 0.29) is 28.4 Å². The van der Waals surface area contributed by atoms with Crippen LogP contribution in [0.15, 0.2) is 0 Å². The summed E-state index contributed by atoms with van der Waals surface area (Å²) in [5.41, 5.74) is -0.232. The van der Waals surface area contributed by atoms with Crippen molar-refractivity contribution < 1.29 is 14.6 Å². The maximum Gasteiger partial charge on any atom is 0.335 e. The molecule has 0 amide bonds. The molecular formula is C10H11ClN4O4. The molecule has 0 bridgehead atoms. The van der Waals surface area contributed by atoms with E-state index in [4.69, 9.17) is 16.4 Å². The number of carbonyl (C=O) groups is 1. The largest absolute Gasteiger partial charge is 0.339 e. The molecule has 0 spiro atoms. The predicted molar refractivity (Wildman–Crippen MR) is 65.7 cm³/mol. The fraction of sp³-hybridized carbons (Fsp3) is 0.500. The predicted octanol–water partition coefficient (Wildman–Crippen LogP) is 1.65. The Morgan fingerprint density at radius 3 is 2.68 bits per heavy atom. The van der Waals surface area contributed by atoms with Gasteiger partial charge in [-0.15, -0.1) is 0 Å². The average Bonchev–Trinajstić information content (AvgIpc) is 3.10. The zero-order valence-electron chi connectivity index (χ0n) is 10.3. The summed E-state index contributed by atoms with van der Waals surface area (Å²) in [6, 6.07) is 0. The van der Waals surface area contributed by atoms with Crippen LogP contribution >= 0.6 is 11.6 Å². The maximum atomic E-state index is 11.5. The molecule has 1 aromatic rings. The van der Waals surface area contributed by atoms with E-state index in [1.165, 1.54) is 14.0 Å². The van der Waals surface area contributed by atoms with Crippen molar-refractivity contribution in [3.05, 3.63) is 21.1 Å². The van der Waals surface area contributed by atoms with Crippen molar-refractivity contribution in [2.45, 2.75) is 19.8 Å². The van der Waals surface area contributed by atoms with Crippen LogP contribution in [0, 0.1) is 23.0 Å². The van der Waals surface area contributed by atoms with Crippen LogP contribution < -0.4 is 5.06 Å². The first kappa shape index (κ1) is 13.5. The molecule has 19 heavy (non-hydrogen) atoms. The third-order valence-electron chi connectivity index (χ3n) is 2.63. The summed E-state index contributed by atoms with van der Waals surface area (Å²) in [7, 11) is 1.37. The molecule has 1 aliphatic rings. The van der Waals surface area contributed by atoms with E-state index >= 15 is 0 Å². The van der Waals surface area contributed by atoms with E-state index in [1.54, 1.807) is 0 Å². The minimum absolute atomic E-state index is 0.106. The summed E-state index contributed by atoms with van der Waals surface area (Å²) in [5.74, 6) is -0.694. The molecule has 2 rings (SSSR count). The first-order chi connectivity index (χ1) is 8.90. The fourth-order valence-electron chi connectivity index (χ4n) is 1.52. The second-order valence-corrected chi connectivity index (χ2v) is 4.53. The molecule has 0 atom stereocenters. The Morgan fingerprint density at radius 2 is 2.16 bits per heavy atom. The molecule has 0 radical (unpaired) electrons. The van der Waals surface area contributed by atoms with Gasteiger partial charge in [0.25, 0.3) is 0 Å². The number of anilines is 1. The van der Waals surface area contributed by atoms with Gasteiger partial charge in [-0.1, -0.05) is 0 Å². The summed E-state index contributed by atoms with van der Waals surface area (Å²) >= 11 is 5.67. The van der Waals surface area contributed by atoms with Crippen molar-refractivity contribution in [2.75, 3.05) is 12.1 Å². The lowest BCUT2D eigenvalue weighted by Gasteiger charge is -2.17. The lowest BCUT2D eigenvalue weighted by atomic mass is 10.3. The van der Waals surface area contributed by atoms with Gasteiger partial charge in [0.1, 0.15) is 5.69 Å². The van der Waals surface area contributed by atoms with Gasteiger partial charge in [-0.05, 0) is 31.4 Å². The molecule has 9 heteroatoms. The van der Waals surface area contributed by atoms with Gasteiger partial charge in [0.05, 0.1) is 10.8 Å². The van der Waals surface area contributed by atoms with E-state index in [0.29, 0.717) is 0 Å². The smallest absolute Gasteiger partial charge is 0.335 e. The molecule has 0 aliphatic heterocycles. The van der Waals surface area contributed by atoms with Crippen LogP contribution in [0.25, 0.3) is 0 Å². The van der Waals surface area contributed by atoms with E-state index in [0.717, 1.165) is 17.9 Å². The van der Waals surface area contributed by atoms with Crippen molar-refractivity contribution >= 4 is 29.1 Å². The van der Waals surface area contributed by atoms with Gasteiger partial charge in [-0.2, -0.15) is 10.0 Å². The molecule has 1 heterocycles. The van der Waals surface area contributed by atoms with Crippen LogP contribution in [0.2, 0.25) is 5.28 Å². The van der Waals surface area contributed by atoms with Crippen LogP contribution in [0.3, 0.4) is 0 Å². The molecule has 0 aromatic carbocycles. The number of carbonyl (C=O) groups excluding carboxylic acids is 1. The lowest BCUT2D eigenvalue weighted by molar-refractivity contribution is -0.385. The highest BCUT2D eigenvalue weighted by Gasteiger charge is 2.34. The van der Waals surface area contributed by atoms with Gasteiger partial charge in [0.2, 0.25) is 11.1 Å². The maximum absolute atomic E-state index is 11.5. The molecule has 0 unspecified atom stereocenters. The molecular weight excluding hydrogens is 276 g/mol. The Bertz CT molecular complexity index is 547. The van der Waals surface area contributed by atoms with Gasteiger partial charge in [-0.25, -0.2) is 9.78 Å². The topological polar surface area (TPSA) is 98.5 Å². The SMILES string of the molecule is Cc1nc(Cl)nc(N(C)OC(=O)C2CC2)c1[N+](=O)[O-]. The molecule has 1 saturated carbocycles. The Morgan fingerprint density at radius 1 is 1.53 bits per heavy atom. The van der Waals surface area contributed by atoms with Crippen molar-refractivity contribution in [3.63, 3.8) is 0 Å². The van der Waals surface area contributed by atoms with Crippen molar-refractivity contribution in [1.82, 2.24) is 9.97 Å². The number of nitro groups is 1. The van der Waals surface area contributed by atoms with Gasteiger partial charge in [0, 0.05) is 7.05 Å². The van der Waals surface area contributed by atoms with Crippen molar-refractivity contribution in [3.8, 4) is 0 Å². The number of halogens is 1. The first-order valence-electron chi connectivity index (χ1n) is 5.54. The number of aryl methyl sites for hydroxylation is 1. The molecule has 1 fully saturated rings. The summed E-state index contributed by atoms with van der Waals surface area (Å²) in [4.78, 5) is 34.4. The number of aromatic nitrogens is 2. The summed E-state index contributed by atoms with van der Waals surface area (Å²) in [6.07, 6.45) is 1.55. The monoisotopic (exact) mass is 286 g/mol. The van der Waals surface area contributed by atoms with Crippen LogP contribution in [0.5, 0.6) is 0 Å². The highest BCUT2D eigenvalue weighted by molar-refractivity contribution is 6.28. The summed E-state index contributed by atoms with van der Waals surface area (Å²) in [6.45, 7) is 1.44. The van der Waals surface area contributed by atoms with E-state index in [9.17, 15) is 14.9 Å². The average molecular weight is 287 g/mol. The molecule has 1 aliphatic carbocycles. The standard InChI is InChI=1S/C10H11ClN4O4/c1-5-7(15(17)18)8(13-10(11)12-5)14(2)19-9(16)6-3-4-6/h6H,3-4H2,1-2H3. The normalized spacial score (nSPS) is 14.1. The fourth-order valence-corrected chi connectivity index (χ4v) is 1.73. The Hall–Kier alpha value is -1.96. The number of hydrogen-bond acceptors (Lipinski definition) is 7. The van der Waals surface area contributed by atoms with E-state index in [1.807, 2.05) is 0 Å². The van der Waals surface area contributed by atoms with E-state index < -0.39 is 10.9 Å². The third-order valence-corrected chi connectivity index (χ3v) is 2.80. The van der Waals surface area contributed by atoms with Crippen molar-refractivity contribution in [1.29, 1.82) is 0 Å². The number of hydrogen-bond donors (Lipinski definition) is 0. The van der Waals surface area contributed by atoms with Crippen LogP contribution in [-0.2, 0) is 9.63 Å². The van der Waals surface area contributed by atoms with Gasteiger partial charge in [0.15, 0.2) is 0 Å². The van der Waals surface area contributed by atoms with Crippen LogP contribution in [0.4, 0.5) is 11.5 Å². The summed E-state index contributed by atoms with van der Waals surface area (Å²) in [5, 5.41) is 11.8. The molecule has 1 aromatic heterocycles. The Balaban J connectivity index is 2.31. The molecule has 102 valence electrons. The minimum atomic E-state index is -0.636. The van der Waals surface area contributed by atoms with E-state index in [2.05, 4.69) is 9.97 Å². The number of nitrogens with zero attached hydrogens (tertiary/aromatic N) is 4. The summed E-state index contributed by atoms with van der Waals surface area (Å²) < 4.78 is 0.